The Morgan fingerprint density at radius 3 is 2.62 bits per heavy atom. The highest BCUT2D eigenvalue weighted by Gasteiger charge is 2.38. The lowest BCUT2D eigenvalue weighted by Gasteiger charge is -2.44. The van der Waals surface area contributed by atoms with Gasteiger partial charge < -0.3 is 4.43 Å². The maximum Gasteiger partial charge on any atom is 0.192 e. The third-order valence-corrected chi connectivity index (χ3v) is 10.4. The Balaban J connectivity index is 2.02. The predicted octanol–water partition coefficient (Wildman–Crippen LogP) is 4.97. The van der Waals surface area contributed by atoms with E-state index in [0.29, 0.717) is 11.1 Å². The zero-order chi connectivity index (χ0) is 15.7. The van der Waals surface area contributed by atoms with Crippen LogP contribution >= 0.6 is 0 Å². The van der Waals surface area contributed by atoms with Gasteiger partial charge in [0.15, 0.2) is 8.32 Å². The molecule has 0 radical (unpaired) electrons. The smallest absolute Gasteiger partial charge is 0.192 e. The predicted molar refractivity (Wildman–Crippen MR) is 94.3 cm³/mol. The molecule has 1 fully saturated rings. The van der Waals surface area contributed by atoms with Gasteiger partial charge in [0, 0.05) is 12.1 Å². The van der Waals surface area contributed by atoms with Crippen LogP contribution in [0.1, 0.15) is 59.8 Å². The minimum Gasteiger partial charge on any atom is -0.413 e. The lowest BCUT2D eigenvalue weighted by atomic mass is 9.89. The molecule has 2 heterocycles. The van der Waals surface area contributed by atoms with E-state index in [4.69, 9.17) is 4.43 Å². The summed E-state index contributed by atoms with van der Waals surface area (Å²) in [6.45, 7) is 16.2. The number of hydrogen-bond acceptors (Lipinski definition) is 2. The van der Waals surface area contributed by atoms with Crippen LogP contribution in [0, 0.1) is 0 Å². The summed E-state index contributed by atoms with van der Waals surface area (Å²) in [5.41, 5.74) is 1.56. The monoisotopic (exact) mass is 309 g/mol. The second-order valence-corrected chi connectivity index (χ2v) is 13.3. The molecule has 0 N–H and O–H groups in total. The first-order chi connectivity index (χ1) is 9.74. The van der Waals surface area contributed by atoms with E-state index in [1.165, 1.54) is 38.6 Å². The fourth-order valence-corrected chi connectivity index (χ4v) is 4.33. The molecule has 21 heavy (non-hydrogen) atoms. The van der Waals surface area contributed by atoms with Gasteiger partial charge in [0.25, 0.3) is 0 Å². The number of hydrogen-bond donors (Lipinski definition) is 0. The van der Waals surface area contributed by atoms with Crippen LogP contribution in [0.4, 0.5) is 0 Å². The normalized spacial score (nSPS) is 28.2. The van der Waals surface area contributed by atoms with E-state index in [1.807, 2.05) is 0 Å². The first-order valence-corrected chi connectivity index (χ1v) is 11.7. The highest BCUT2D eigenvalue weighted by molar-refractivity contribution is 6.74. The molecule has 2 aliphatic heterocycles. The van der Waals surface area contributed by atoms with Gasteiger partial charge >= 0.3 is 0 Å². The standard InChI is InChI=1S/C18H35NOSi/c1-7-16-12-15(13-17-10-8-9-11-19(16)17)14-20-21(5,6)18(2,3)4/h13,16-17H,7-12,14H2,1-6H3/t16-,17+/m0/s1. The second-order valence-electron chi connectivity index (χ2n) is 8.44. The van der Waals surface area contributed by atoms with Crippen LogP contribution in [0.2, 0.25) is 18.1 Å². The molecular formula is C18H35NOSi. The van der Waals surface area contributed by atoms with Gasteiger partial charge in [-0.2, -0.15) is 0 Å². The van der Waals surface area contributed by atoms with Gasteiger partial charge in [-0.25, -0.2) is 0 Å². The van der Waals surface area contributed by atoms with Gasteiger partial charge in [-0.3, -0.25) is 4.90 Å². The molecule has 0 aromatic heterocycles. The van der Waals surface area contributed by atoms with Crippen molar-refractivity contribution < 1.29 is 4.43 Å². The third kappa shape index (κ3) is 3.99. The van der Waals surface area contributed by atoms with Crippen LogP contribution in [0.15, 0.2) is 11.6 Å². The number of piperidine rings is 1. The summed E-state index contributed by atoms with van der Waals surface area (Å²) >= 11 is 0. The summed E-state index contributed by atoms with van der Waals surface area (Å²) in [6.07, 6.45) is 9.16. The van der Waals surface area contributed by atoms with Crippen LogP contribution in [-0.2, 0) is 4.43 Å². The van der Waals surface area contributed by atoms with E-state index in [0.717, 1.165) is 12.6 Å². The Hall–Kier alpha value is -0.123. The Morgan fingerprint density at radius 1 is 1.29 bits per heavy atom. The van der Waals surface area contributed by atoms with Crippen molar-refractivity contribution in [1.29, 1.82) is 0 Å². The molecule has 2 atom stereocenters. The van der Waals surface area contributed by atoms with Crippen LogP contribution in [0.25, 0.3) is 0 Å². The third-order valence-electron chi connectivity index (χ3n) is 5.88. The SMILES string of the molecule is CC[C@H]1CC(CO[Si](C)(C)C(C)(C)C)=C[C@H]2CCCCN12. The average Bonchev–Trinajstić information content (AvgIpc) is 2.43. The van der Waals surface area contributed by atoms with Gasteiger partial charge in [0.1, 0.15) is 0 Å². The van der Waals surface area contributed by atoms with Gasteiger partial charge in [0.2, 0.25) is 0 Å². The van der Waals surface area contributed by atoms with E-state index in [-0.39, 0.29) is 0 Å². The lowest BCUT2D eigenvalue weighted by molar-refractivity contribution is 0.103. The van der Waals surface area contributed by atoms with E-state index in [1.54, 1.807) is 5.57 Å². The van der Waals surface area contributed by atoms with Crippen molar-refractivity contribution in [2.45, 2.75) is 90.0 Å². The van der Waals surface area contributed by atoms with Gasteiger partial charge in [-0.15, -0.1) is 0 Å². The molecular weight excluding hydrogens is 274 g/mol. The first-order valence-electron chi connectivity index (χ1n) is 8.84. The molecule has 0 amide bonds. The summed E-state index contributed by atoms with van der Waals surface area (Å²) in [4.78, 5) is 2.75. The summed E-state index contributed by atoms with van der Waals surface area (Å²) in [5.74, 6) is 0. The molecule has 1 saturated heterocycles. The molecule has 0 aromatic rings. The molecule has 2 aliphatic rings. The van der Waals surface area contributed by atoms with E-state index in [2.05, 4.69) is 51.8 Å². The van der Waals surface area contributed by atoms with E-state index in [9.17, 15) is 0 Å². The minimum absolute atomic E-state index is 0.309. The molecule has 3 heteroatoms. The number of fused-ring (bicyclic) bond motifs is 1. The zero-order valence-electron chi connectivity index (χ0n) is 15.0. The van der Waals surface area contributed by atoms with Crippen molar-refractivity contribution in [2.24, 2.45) is 0 Å². The average molecular weight is 310 g/mol. The van der Waals surface area contributed by atoms with E-state index < -0.39 is 8.32 Å². The van der Waals surface area contributed by atoms with Crippen molar-refractivity contribution in [3.63, 3.8) is 0 Å². The molecule has 0 spiro atoms. The van der Waals surface area contributed by atoms with Crippen molar-refractivity contribution in [2.75, 3.05) is 13.2 Å². The molecule has 0 aromatic carbocycles. The van der Waals surface area contributed by atoms with Crippen LogP contribution in [-0.4, -0.2) is 38.5 Å². The zero-order valence-corrected chi connectivity index (χ0v) is 16.0. The molecule has 0 saturated carbocycles. The highest BCUT2D eigenvalue weighted by atomic mass is 28.4. The molecule has 2 rings (SSSR count). The molecule has 2 nitrogen and oxygen atoms in total. The molecule has 122 valence electrons. The summed E-state index contributed by atoms with van der Waals surface area (Å²) in [5, 5.41) is 0.309. The largest absolute Gasteiger partial charge is 0.413 e. The van der Waals surface area contributed by atoms with Gasteiger partial charge in [-0.05, 0) is 55.9 Å². The van der Waals surface area contributed by atoms with Crippen molar-refractivity contribution in [1.82, 2.24) is 4.90 Å². The maximum absolute atomic E-state index is 6.46. The van der Waals surface area contributed by atoms with Crippen LogP contribution in [0.5, 0.6) is 0 Å². The Kier molecular flexibility index (Phi) is 5.38. The van der Waals surface area contributed by atoms with Crippen molar-refractivity contribution >= 4 is 8.32 Å². The van der Waals surface area contributed by atoms with Crippen LogP contribution < -0.4 is 0 Å². The Morgan fingerprint density at radius 2 is 2.00 bits per heavy atom. The van der Waals surface area contributed by atoms with Crippen molar-refractivity contribution in [3.8, 4) is 0 Å². The maximum atomic E-state index is 6.46. The topological polar surface area (TPSA) is 12.5 Å². The Labute approximate surface area is 133 Å². The highest BCUT2D eigenvalue weighted by Crippen LogP contribution is 2.38. The summed E-state index contributed by atoms with van der Waals surface area (Å²) in [7, 11) is -1.62. The quantitative estimate of drug-likeness (QED) is 0.537. The summed E-state index contributed by atoms with van der Waals surface area (Å²) < 4.78 is 6.46. The lowest BCUT2D eigenvalue weighted by Crippen LogP contribution is -2.48. The fourth-order valence-electron chi connectivity index (χ4n) is 3.35. The van der Waals surface area contributed by atoms with Gasteiger partial charge in [-0.1, -0.05) is 40.2 Å². The molecule has 0 aliphatic carbocycles. The summed E-state index contributed by atoms with van der Waals surface area (Å²) in [6, 6.07) is 1.44. The number of rotatable bonds is 4. The fraction of sp³-hybridized carbons (Fsp3) is 0.889. The van der Waals surface area contributed by atoms with Crippen LogP contribution in [0.3, 0.4) is 0 Å². The first kappa shape index (κ1) is 17.2. The van der Waals surface area contributed by atoms with Crippen molar-refractivity contribution in [3.05, 3.63) is 11.6 Å². The Bertz CT molecular complexity index is 383. The van der Waals surface area contributed by atoms with Gasteiger partial charge in [0.05, 0.1) is 6.61 Å². The number of nitrogens with zero attached hydrogens (tertiary/aromatic N) is 1. The molecule has 0 bridgehead atoms. The minimum atomic E-state index is -1.62. The van der Waals surface area contributed by atoms with E-state index >= 15 is 0 Å². The molecule has 0 unspecified atom stereocenters. The second kappa shape index (κ2) is 6.55.